The fraction of sp³-hybridized carbons (Fsp3) is 0.316. The van der Waals surface area contributed by atoms with E-state index >= 15 is 0 Å². The molecule has 2 aromatic heterocycles. The molecule has 0 unspecified atom stereocenters. The number of nitrogens with zero attached hydrogens (tertiary/aromatic N) is 3. The van der Waals surface area contributed by atoms with Gasteiger partial charge >= 0.3 is 5.97 Å². The van der Waals surface area contributed by atoms with Crippen LogP contribution < -0.4 is 0 Å². The molecule has 1 fully saturated rings. The molecule has 1 aromatic carbocycles. The normalized spacial score (nSPS) is 13.7. The second-order valence-electron chi connectivity index (χ2n) is 6.05. The molecule has 0 aliphatic heterocycles. The number of ether oxygens (including phenoxy) is 1. The van der Waals surface area contributed by atoms with Crippen LogP contribution in [0.1, 0.15) is 47.6 Å². The summed E-state index contributed by atoms with van der Waals surface area (Å²) in [5.74, 6) is 2.19. The summed E-state index contributed by atoms with van der Waals surface area (Å²) in [6.07, 6.45) is 3.82. The van der Waals surface area contributed by atoms with E-state index in [1.54, 1.807) is 13.0 Å². The predicted molar refractivity (Wildman–Crippen MR) is 97.6 cm³/mol. The molecule has 0 spiro atoms. The van der Waals surface area contributed by atoms with Gasteiger partial charge in [-0.15, -0.1) is 10.2 Å². The van der Waals surface area contributed by atoms with Crippen molar-refractivity contribution in [2.24, 2.45) is 0 Å². The highest BCUT2D eigenvalue weighted by Crippen LogP contribution is 2.41. The first-order valence-corrected chi connectivity index (χ1v) is 9.63. The van der Waals surface area contributed by atoms with Crippen LogP contribution in [0.4, 0.5) is 0 Å². The summed E-state index contributed by atoms with van der Waals surface area (Å²) in [4.78, 5) is 12.0. The molecule has 1 saturated carbocycles. The molecule has 2 heterocycles. The van der Waals surface area contributed by atoms with Crippen molar-refractivity contribution in [1.82, 2.24) is 14.8 Å². The number of thioether (sulfide) groups is 1. The fourth-order valence-corrected chi connectivity index (χ4v) is 3.68. The Morgan fingerprint density at radius 2 is 2.08 bits per heavy atom. The van der Waals surface area contributed by atoms with Gasteiger partial charge in [-0.3, -0.25) is 4.57 Å². The first kappa shape index (κ1) is 16.9. The number of furan rings is 1. The van der Waals surface area contributed by atoms with Gasteiger partial charge in [0.05, 0.1) is 18.6 Å². The van der Waals surface area contributed by atoms with Crippen molar-refractivity contribution >= 4 is 17.7 Å². The molecule has 1 aliphatic carbocycles. The molecule has 26 heavy (non-hydrogen) atoms. The molecule has 3 aromatic rings. The van der Waals surface area contributed by atoms with E-state index in [9.17, 15) is 4.79 Å². The standard InChI is InChI=1S/C19H19N3O3S/c1-2-24-18(23)15-10-11-25-16(15)12-26-19-21-20-17(13-8-9-13)22(19)14-6-4-3-5-7-14/h3-7,10-11,13H,2,8-9,12H2,1H3. The van der Waals surface area contributed by atoms with Crippen LogP contribution in [0.25, 0.3) is 5.69 Å². The molecule has 6 nitrogen and oxygen atoms in total. The van der Waals surface area contributed by atoms with Crippen molar-refractivity contribution in [3.8, 4) is 5.69 Å². The SMILES string of the molecule is CCOC(=O)c1ccoc1CSc1nnc(C2CC2)n1-c1ccccc1. The van der Waals surface area contributed by atoms with Gasteiger partial charge in [0.1, 0.15) is 17.1 Å². The molecule has 134 valence electrons. The zero-order valence-corrected chi connectivity index (χ0v) is 15.2. The molecule has 0 amide bonds. The van der Waals surface area contributed by atoms with Crippen molar-refractivity contribution in [2.45, 2.75) is 36.6 Å². The summed E-state index contributed by atoms with van der Waals surface area (Å²) in [5.41, 5.74) is 1.51. The van der Waals surface area contributed by atoms with E-state index < -0.39 is 0 Å². The number of hydrogen-bond donors (Lipinski definition) is 0. The highest BCUT2D eigenvalue weighted by Gasteiger charge is 2.31. The first-order valence-electron chi connectivity index (χ1n) is 8.65. The lowest BCUT2D eigenvalue weighted by atomic mass is 10.3. The van der Waals surface area contributed by atoms with E-state index in [0.29, 0.717) is 29.6 Å². The summed E-state index contributed by atoms with van der Waals surface area (Å²) in [7, 11) is 0. The minimum Gasteiger partial charge on any atom is -0.468 e. The second-order valence-corrected chi connectivity index (χ2v) is 7.00. The lowest BCUT2D eigenvalue weighted by molar-refractivity contribution is 0.0524. The molecule has 0 saturated heterocycles. The van der Waals surface area contributed by atoms with E-state index in [0.717, 1.165) is 29.5 Å². The van der Waals surface area contributed by atoms with Crippen LogP contribution in [-0.4, -0.2) is 27.3 Å². The number of hydrogen-bond acceptors (Lipinski definition) is 6. The molecular weight excluding hydrogens is 350 g/mol. The maximum absolute atomic E-state index is 12.0. The quantitative estimate of drug-likeness (QED) is 0.459. The topological polar surface area (TPSA) is 70.2 Å². The van der Waals surface area contributed by atoms with E-state index in [1.165, 1.54) is 18.0 Å². The Morgan fingerprint density at radius 1 is 1.27 bits per heavy atom. The smallest absolute Gasteiger partial charge is 0.341 e. The summed E-state index contributed by atoms with van der Waals surface area (Å²) >= 11 is 1.50. The summed E-state index contributed by atoms with van der Waals surface area (Å²) in [5, 5.41) is 9.59. The third-order valence-corrected chi connectivity index (χ3v) is 5.12. The van der Waals surface area contributed by atoms with Crippen LogP contribution in [0.2, 0.25) is 0 Å². The zero-order chi connectivity index (χ0) is 17.9. The van der Waals surface area contributed by atoms with Crippen molar-refractivity contribution in [3.05, 3.63) is 59.8 Å². The zero-order valence-electron chi connectivity index (χ0n) is 14.4. The van der Waals surface area contributed by atoms with Crippen LogP contribution in [0, 0.1) is 0 Å². The Balaban J connectivity index is 1.58. The Kier molecular flexibility index (Phi) is 4.79. The monoisotopic (exact) mass is 369 g/mol. The van der Waals surface area contributed by atoms with Crippen LogP contribution in [-0.2, 0) is 10.5 Å². The van der Waals surface area contributed by atoms with Gasteiger partial charge < -0.3 is 9.15 Å². The molecule has 0 atom stereocenters. The lowest BCUT2D eigenvalue weighted by Crippen LogP contribution is -2.06. The third kappa shape index (κ3) is 3.39. The number of aromatic nitrogens is 3. The van der Waals surface area contributed by atoms with Gasteiger partial charge in [0.15, 0.2) is 5.16 Å². The fourth-order valence-electron chi connectivity index (χ4n) is 2.77. The average Bonchev–Trinajstić information content (AvgIpc) is 3.25. The molecule has 0 bridgehead atoms. The van der Waals surface area contributed by atoms with Gasteiger partial charge in [-0.05, 0) is 38.0 Å². The van der Waals surface area contributed by atoms with Crippen molar-refractivity contribution in [2.75, 3.05) is 6.61 Å². The Labute approximate surface area is 155 Å². The van der Waals surface area contributed by atoms with E-state index in [1.807, 2.05) is 18.2 Å². The van der Waals surface area contributed by atoms with Gasteiger partial charge in [-0.2, -0.15) is 0 Å². The number of carbonyl (C=O) groups excluding carboxylic acids is 1. The molecular formula is C19H19N3O3S. The molecule has 1 aliphatic rings. The minimum atomic E-state index is -0.361. The van der Waals surface area contributed by atoms with E-state index in [-0.39, 0.29) is 5.97 Å². The van der Waals surface area contributed by atoms with Gasteiger partial charge in [0.2, 0.25) is 0 Å². The van der Waals surface area contributed by atoms with E-state index in [2.05, 4.69) is 26.9 Å². The van der Waals surface area contributed by atoms with Gasteiger partial charge in [-0.1, -0.05) is 30.0 Å². The molecule has 4 rings (SSSR count). The summed E-state index contributed by atoms with van der Waals surface area (Å²) in [6, 6.07) is 11.8. The molecule has 7 heteroatoms. The largest absolute Gasteiger partial charge is 0.468 e. The number of para-hydroxylation sites is 1. The number of carbonyl (C=O) groups is 1. The second kappa shape index (κ2) is 7.37. The Bertz CT molecular complexity index is 900. The maximum Gasteiger partial charge on any atom is 0.341 e. The Hall–Kier alpha value is -2.54. The predicted octanol–water partition coefficient (Wildman–Crippen LogP) is 4.21. The summed E-state index contributed by atoms with van der Waals surface area (Å²) < 4.78 is 12.7. The number of rotatable bonds is 7. The average molecular weight is 369 g/mol. The maximum atomic E-state index is 12.0. The first-order chi connectivity index (χ1) is 12.8. The third-order valence-electron chi connectivity index (χ3n) is 4.19. The molecule has 0 radical (unpaired) electrons. The van der Waals surface area contributed by atoms with Gasteiger partial charge in [0, 0.05) is 11.6 Å². The summed E-state index contributed by atoms with van der Waals surface area (Å²) in [6.45, 7) is 2.12. The van der Waals surface area contributed by atoms with Crippen molar-refractivity contribution in [1.29, 1.82) is 0 Å². The van der Waals surface area contributed by atoms with Crippen LogP contribution in [0.15, 0.2) is 52.2 Å². The number of esters is 1. The van der Waals surface area contributed by atoms with Gasteiger partial charge in [-0.25, -0.2) is 4.79 Å². The van der Waals surface area contributed by atoms with Crippen LogP contribution in [0.3, 0.4) is 0 Å². The lowest BCUT2D eigenvalue weighted by Gasteiger charge is -2.09. The van der Waals surface area contributed by atoms with Crippen LogP contribution >= 0.6 is 11.8 Å². The Morgan fingerprint density at radius 3 is 2.81 bits per heavy atom. The minimum absolute atomic E-state index is 0.337. The highest BCUT2D eigenvalue weighted by atomic mass is 32.2. The van der Waals surface area contributed by atoms with E-state index in [4.69, 9.17) is 9.15 Å². The van der Waals surface area contributed by atoms with Crippen molar-refractivity contribution < 1.29 is 13.9 Å². The van der Waals surface area contributed by atoms with Gasteiger partial charge in [0.25, 0.3) is 0 Å². The highest BCUT2D eigenvalue weighted by molar-refractivity contribution is 7.98. The molecule has 0 N–H and O–H groups in total. The number of benzene rings is 1. The van der Waals surface area contributed by atoms with Crippen LogP contribution in [0.5, 0.6) is 0 Å². The van der Waals surface area contributed by atoms with Crippen molar-refractivity contribution in [3.63, 3.8) is 0 Å².